The molecule has 3 nitrogen and oxygen atoms in total. The van der Waals surface area contributed by atoms with Crippen LogP contribution in [0.5, 0.6) is 0 Å². The van der Waals surface area contributed by atoms with Crippen molar-refractivity contribution in [2.75, 3.05) is 11.4 Å². The predicted molar refractivity (Wildman–Crippen MR) is 100 cm³/mol. The molecule has 0 radical (unpaired) electrons. The lowest BCUT2D eigenvalue weighted by Crippen LogP contribution is -2.40. The van der Waals surface area contributed by atoms with Crippen LogP contribution in [0, 0.1) is 0 Å². The van der Waals surface area contributed by atoms with Crippen LogP contribution in [0.2, 0.25) is 0 Å². The van der Waals surface area contributed by atoms with Crippen molar-refractivity contribution >= 4 is 16.6 Å². The van der Waals surface area contributed by atoms with Crippen molar-refractivity contribution in [3.8, 4) is 5.69 Å². The Kier molecular flexibility index (Phi) is 2.51. The Morgan fingerprint density at radius 1 is 0.800 bits per heavy atom. The van der Waals surface area contributed by atoms with E-state index in [0.717, 1.165) is 18.5 Å². The fourth-order valence-electron chi connectivity index (χ4n) is 4.51. The molecule has 2 aliphatic heterocycles. The number of anilines is 1. The lowest BCUT2D eigenvalue weighted by Gasteiger charge is -2.43. The molecule has 120 valence electrons. The first kappa shape index (κ1) is 13.2. The molecule has 6 rings (SSSR count). The lowest BCUT2D eigenvalue weighted by molar-refractivity contribution is 0.597. The number of benzene rings is 3. The summed E-state index contributed by atoms with van der Waals surface area (Å²) in [6.07, 6.45) is 1.09. The first-order valence-corrected chi connectivity index (χ1v) is 8.83. The Hall–Kier alpha value is -3.07. The van der Waals surface area contributed by atoms with Gasteiger partial charge in [0.1, 0.15) is 0 Å². The quantitative estimate of drug-likeness (QED) is 0.475. The molecular formula is C22H17N3. The van der Waals surface area contributed by atoms with Gasteiger partial charge in [0.15, 0.2) is 0 Å². The summed E-state index contributed by atoms with van der Waals surface area (Å²) in [7, 11) is 0. The number of hydrogen-bond donors (Lipinski definition) is 0. The second kappa shape index (κ2) is 4.73. The minimum absolute atomic E-state index is 0.229. The number of nitrogens with zero attached hydrogens (tertiary/aromatic N) is 3. The molecule has 0 saturated heterocycles. The van der Waals surface area contributed by atoms with Crippen LogP contribution < -0.4 is 4.90 Å². The van der Waals surface area contributed by atoms with Crippen LogP contribution in [0.1, 0.15) is 22.9 Å². The smallest absolute Gasteiger partial charge is 0.0977 e. The van der Waals surface area contributed by atoms with E-state index in [1.165, 1.54) is 33.6 Å². The maximum Gasteiger partial charge on any atom is 0.0977 e. The zero-order chi connectivity index (χ0) is 16.4. The second-order valence-corrected chi connectivity index (χ2v) is 6.85. The molecule has 0 amide bonds. The first-order valence-electron chi connectivity index (χ1n) is 8.83. The van der Waals surface area contributed by atoms with Crippen molar-refractivity contribution in [1.29, 1.82) is 0 Å². The summed E-state index contributed by atoms with van der Waals surface area (Å²) in [5.41, 5.74) is 7.69. The normalized spacial score (nSPS) is 17.6. The van der Waals surface area contributed by atoms with Gasteiger partial charge in [-0.25, -0.2) is 4.68 Å². The van der Waals surface area contributed by atoms with Crippen LogP contribution >= 0.6 is 0 Å². The minimum Gasteiger partial charge on any atom is -0.357 e. The summed E-state index contributed by atoms with van der Waals surface area (Å²) in [5.74, 6) is 0. The third-order valence-electron chi connectivity index (χ3n) is 5.58. The average Bonchev–Trinajstić information content (AvgIpc) is 3.07. The van der Waals surface area contributed by atoms with Gasteiger partial charge in [0, 0.05) is 11.9 Å². The van der Waals surface area contributed by atoms with Gasteiger partial charge in [-0.15, -0.1) is 0 Å². The molecule has 0 saturated carbocycles. The number of fused-ring (bicyclic) bond motifs is 10. The summed E-state index contributed by atoms with van der Waals surface area (Å²) in [4.78, 5) is 2.56. The molecule has 0 aliphatic carbocycles. The Bertz CT molecular complexity index is 1130. The highest BCUT2D eigenvalue weighted by atomic mass is 15.4. The summed E-state index contributed by atoms with van der Waals surface area (Å²) < 4.78 is 2.17. The van der Waals surface area contributed by atoms with E-state index in [2.05, 4.69) is 82.4 Å². The van der Waals surface area contributed by atoms with Crippen LogP contribution in [0.15, 0.2) is 72.8 Å². The number of hydrogen-bond acceptors (Lipinski definition) is 2. The highest BCUT2D eigenvalue weighted by Gasteiger charge is 2.37. The van der Waals surface area contributed by atoms with Crippen molar-refractivity contribution in [3.05, 3.63) is 89.6 Å². The van der Waals surface area contributed by atoms with Gasteiger partial charge in [-0.05, 0) is 35.7 Å². The molecule has 3 aromatic carbocycles. The van der Waals surface area contributed by atoms with Gasteiger partial charge in [0.05, 0.1) is 28.6 Å². The SMILES string of the molecule is c1ccc2c(c1)CCN1c3ccccc3-n3nc4ccccc4c3C21. The molecule has 2 aliphatic rings. The van der Waals surface area contributed by atoms with E-state index in [1.54, 1.807) is 0 Å². The Balaban J connectivity index is 1.75. The van der Waals surface area contributed by atoms with Crippen LogP contribution in [-0.2, 0) is 6.42 Å². The Morgan fingerprint density at radius 3 is 2.52 bits per heavy atom. The molecule has 25 heavy (non-hydrogen) atoms. The lowest BCUT2D eigenvalue weighted by atomic mass is 9.87. The number of rotatable bonds is 0. The van der Waals surface area contributed by atoms with Gasteiger partial charge in [-0.2, -0.15) is 5.10 Å². The molecule has 4 aromatic rings. The van der Waals surface area contributed by atoms with Crippen LogP contribution in [-0.4, -0.2) is 16.3 Å². The predicted octanol–water partition coefficient (Wildman–Crippen LogP) is 4.49. The van der Waals surface area contributed by atoms with Gasteiger partial charge in [-0.3, -0.25) is 0 Å². The molecule has 1 atom stereocenters. The standard InChI is InChI=1S/C22H17N3/c1-2-8-16-15(7-1)13-14-24-19-11-5-6-12-20(19)25-22(21(16)24)17-9-3-4-10-18(17)23-25/h1-12,21H,13-14H2. The van der Waals surface area contributed by atoms with E-state index >= 15 is 0 Å². The zero-order valence-corrected chi connectivity index (χ0v) is 13.8. The fourth-order valence-corrected chi connectivity index (χ4v) is 4.51. The first-order chi connectivity index (χ1) is 12.4. The fraction of sp³-hybridized carbons (Fsp3) is 0.136. The van der Waals surface area contributed by atoms with Crippen molar-refractivity contribution < 1.29 is 0 Å². The second-order valence-electron chi connectivity index (χ2n) is 6.85. The molecular weight excluding hydrogens is 306 g/mol. The molecule has 1 aromatic heterocycles. The molecule has 0 spiro atoms. The van der Waals surface area contributed by atoms with E-state index in [9.17, 15) is 0 Å². The van der Waals surface area contributed by atoms with Gasteiger partial charge in [0.2, 0.25) is 0 Å². The highest BCUT2D eigenvalue weighted by Crippen LogP contribution is 2.46. The molecule has 0 N–H and O–H groups in total. The minimum atomic E-state index is 0.229. The molecule has 1 unspecified atom stereocenters. The summed E-state index contributed by atoms with van der Waals surface area (Å²) >= 11 is 0. The van der Waals surface area contributed by atoms with E-state index in [4.69, 9.17) is 5.10 Å². The van der Waals surface area contributed by atoms with Crippen molar-refractivity contribution in [2.45, 2.75) is 12.5 Å². The third-order valence-corrected chi connectivity index (χ3v) is 5.58. The van der Waals surface area contributed by atoms with Crippen molar-refractivity contribution in [3.63, 3.8) is 0 Å². The topological polar surface area (TPSA) is 21.1 Å². The maximum absolute atomic E-state index is 4.95. The highest BCUT2D eigenvalue weighted by molar-refractivity contribution is 5.86. The van der Waals surface area contributed by atoms with Crippen LogP contribution in [0.4, 0.5) is 5.69 Å². The van der Waals surface area contributed by atoms with Crippen LogP contribution in [0.3, 0.4) is 0 Å². The number of aromatic nitrogens is 2. The van der Waals surface area contributed by atoms with Crippen molar-refractivity contribution in [1.82, 2.24) is 9.78 Å². The molecule has 0 fully saturated rings. The monoisotopic (exact) mass is 323 g/mol. The van der Waals surface area contributed by atoms with Crippen LogP contribution in [0.25, 0.3) is 16.6 Å². The molecule has 0 bridgehead atoms. The summed E-state index contributed by atoms with van der Waals surface area (Å²) in [6, 6.07) is 26.2. The summed E-state index contributed by atoms with van der Waals surface area (Å²) in [6.45, 7) is 1.04. The zero-order valence-electron chi connectivity index (χ0n) is 13.8. The van der Waals surface area contributed by atoms with Gasteiger partial charge >= 0.3 is 0 Å². The van der Waals surface area contributed by atoms with E-state index in [-0.39, 0.29) is 6.04 Å². The average molecular weight is 323 g/mol. The van der Waals surface area contributed by atoms with E-state index in [0.29, 0.717) is 0 Å². The maximum atomic E-state index is 4.95. The summed E-state index contributed by atoms with van der Waals surface area (Å²) in [5, 5.41) is 6.20. The van der Waals surface area contributed by atoms with Gasteiger partial charge in [0.25, 0.3) is 0 Å². The largest absolute Gasteiger partial charge is 0.357 e. The Morgan fingerprint density at radius 2 is 1.56 bits per heavy atom. The van der Waals surface area contributed by atoms with E-state index in [1.807, 2.05) is 0 Å². The molecule has 3 heterocycles. The van der Waals surface area contributed by atoms with Gasteiger partial charge < -0.3 is 4.90 Å². The number of para-hydroxylation sites is 2. The van der Waals surface area contributed by atoms with Crippen molar-refractivity contribution in [2.24, 2.45) is 0 Å². The Labute approximate surface area is 146 Å². The van der Waals surface area contributed by atoms with E-state index < -0.39 is 0 Å². The molecule has 3 heteroatoms. The third kappa shape index (κ3) is 1.67. The van der Waals surface area contributed by atoms with Gasteiger partial charge in [-0.1, -0.05) is 54.6 Å².